The number of rotatable bonds is 1. The van der Waals surface area contributed by atoms with Crippen LogP contribution in [0.2, 0.25) is 0 Å². The topological polar surface area (TPSA) is 3.24 Å². The van der Waals surface area contributed by atoms with Crippen molar-refractivity contribution in [2.45, 2.75) is 51.1 Å². The molecule has 2 unspecified atom stereocenters. The van der Waals surface area contributed by atoms with Gasteiger partial charge in [-0.3, -0.25) is 4.90 Å². The third-order valence-electron chi connectivity index (χ3n) is 3.20. The van der Waals surface area contributed by atoms with E-state index in [0.717, 1.165) is 12.1 Å². The van der Waals surface area contributed by atoms with Crippen LogP contribution in [0, 0.1) is 0 Å². The zero-order chi connectivity index (χ0) is 6.97. The maximum Gasteiger partial charge on any atom is 0.0110 e. The normalized spacial score (nSPS) is 40.5. The highest BCUT2D eigenvalue weighted by Gasteiger charge is 2.35. The lowest BCUT2D eigenvalue weighted by atomic mass is 9.86. The third kappa shape index (κ3) is 0.878. The van der Waals surface area contributed by atoms with Gasteiger partial charge >= 0.3 is 0 Å². The van der Waals surface area contributed by atoms with Gasteiger partial charge in [-0.25, -0.2) is 0 Å². The van der Waals surface area contributed by atoms with Crippen molar-refractivity contribution >= 4 is 0 Å². The molecule has 0 aromatic carbocycles. The van der Waals surface area contributed by atoms with Crippen LogP contribution < -0.4 is 0 Å². The number of fused-ring (bicyclic) bond motifs is 1. The Morgan fingerprint density at radius 1 is 1.30 bits per heavy atom. The van der Waals surface area contributed by atoms with Crippen LogP contribution in [0.25, 0.3) is 0 Å². The molecule has 2 atom stereocenters. The Bertz CT molecular complexity index is 120. The minimum Gasteiger partial charge on any atom is -0.297 e. The van der Waals surface area contributed by atoms with Crippen molar-refractivity contribution in [2.24, 2.45) is 0 Å². The van der Waals surface area contributed by atoms with Gasteiger partial charge in [0.25, 0.3) is 0 Å². The van der Waals surface area contributed by atoms with Crippen LogP contribution >= 0.6 is 0 Å². The first-order chi connectivity index (χ1) is 4.92. The van der Waals surface area contributed by atoms with Crippen LogP contribution in [-0.2, 0) is 0 Å². The summed E-state index contributed by atoms with van der Waals surface area (Å²) in [5.74, 6) is 0. The van der Waals surface area contributed by atoms with E-state index in [1.54, 1.807) is 0 Å². The number of hydrogen-bond acceptors (Lipinski definition) is 1. The molecule has 2 aliphatic heterocycles. The molecule has 0 aliphatic carbocycles. The maximum absolute atomic E-state index is 2.71. The van der Waals surface area contributed by atoms with Gasteiger partial charge in [0.05, 0.1) is 0 Å². The van der Waals surface area contributed by atoms with Gasteiger partial charge in [0.15, 0.2) is 0 Å². The summed E-state index contributed by atoms with van der Waals surface area (Å²) in [6.07, 6.45) is 7.29. The van der Waals surface area contributed by atoms with E-state index in [1.165, 1.54) is 38.6 Å². The first kappa shape index (κ1) is 6.66. The quantitative estimate of drug-likeness (QED) is 0.537. The monoisotopic (exact) mass is 139 g/mol. The highest BCUT2D eigenvalue weighted by Crippen LogP contribution is 2.32. The smallest absolute Gasteiger partial charge is 0.0110 e. The van der Waals surface area contributed by atoms with E-state index >= 15 is 0 Å². The fourth-order valence-corrected chi connectivity index (χ4v) is 2.45. The number of nitrogens with zero attached hydrogens (tertiary/aromatic N) is 1. The fourth-order valence-electron chi connectivity index (χ4n) is 2.45. The zero-order valence-corrected chi connectivity index (χ0v) is 6.84. The summed E-state index contributed by atoms with van der Waals surface area (Å²) in [7, 11) is 0. The standard InChI is InChI=1S/C9H17N/c1-2-8-4-3-5-9-6-7-10(8)9/h8-9H,2-7H2,1H3. The second-order valence-electron chi connectivity index (χ2n) is 3.67. The average Bonchev–Trinajstić information content (AvgIpc) is 1.91. The Balaban J connectivity index is 1.94. The molecule has 0 N–H and O–H groups in total. The lowest BCUT2D eigenvalue weighted by molar-refractivity contribution is 0.00126. The van der Waals surface area contributed by atoms with E-state index in [-0.39, 0.29) is 0 Å². The summed E-state index contributed by atoms with van der Waals surface area (Å²) < 4.78 is 0. The molecule has 0 amide bonds. The zero-order valence-electron chi connectivity index (χ0n) is 6.84. The van der Waals surface area contributed by atoms with Crippen molar-refractivity contribution in [2.75, 3.05) is 6.54 Å². The molecule has 2 aliphatic rings. The maximum atomic E-state index is 2.71. The van der Waals surface area contributed by atoms with E-state index in [0.29, 0.717) is 0 Å². The van der Waals surface area contributed by atoms with Crippen molar-refractivity contribution < 1.29 is 0 Å². The predicted molar refractivity (Wildman–Crippen MR) is 43.0 cm³/mol. The van der Waals surface area contributed by atoms with Crippen molar-refractivity contribution in [3.05, 3.63) is 0 Å². The van der Waals surface area contributed by atoms with Gasteiger partial charge in [-0.05, 0) is 25.7 Å². The van der Waals surface area contributed by atoms with Gasteiger partial charge in [-0.1, -0.05) is 13.3 Å². The summed E-state index contributed by atoms with van der Waals surface area (Å²) in [6, 6.07) is 1.95. The minimum absolute atomic E-state index is 0.951. The van der Waals surface area contributed by atoms with E-state index in [2.05, 4.69) is 11.8 Å². The first-order valence-corrected chi connectivity index (χ1v) is 4.67. The summed E-state index contributed by atoms with van der Waals surface area (Å²) in [5, 5.41) is 0. The molecule has 0 aromatic heterocycles. The lowest BCUT2D eigenvalue weighted by Crippen LogP contribution is -2.55. The summed E-state index contributed by atoms with van der Waals surface area (Å²) in [6.45, 7) is 3.72. The SMILES string of the molecule is CCC1CCCC2CCN12. The molecule has 0 saturated carbocycles. The highest BCUT2D eigenvalue weighted by atomic mass is 15.2. The Morgan fingerprint density at radius 2 is 2.20 bits per heavy atom. The lowest BCUT2D eigenvalue weighted by Gasteiger charge is -2.49. The van der Waals surface area contributed by atoms with E-state index < -0.39 is 0 Å². The van der Waals surface area contributed by atoms with Crippen LogP contribution in [0.4, 0.5) is 0 Å². The van der Waals surface area contributed by atoms with E-state index in [9.17, 15) is 0 Å². The Hall–Kier alpha value is -0.0400. The Morgan fingerprint density at radius 3 is 2.70 bits per heavy atom. The second-order valence-corrected chi connectivity index (χ2v) is 3.67. The van der Waals surface area contributed by atoms with Crippen LogP contribution in [0.1, 0.15) is 39.0 Å². The second kappa shape index (κ2) is 2.54. The van der Waals surface area contributed by atoms with E-state index in [4.69, 9.17) is 0 Å². The summed E-state index contributed by atoms with van der Waals surface area (Å²) >= 11 is 0. The van der Waals surface area contributed by atoms with Gasteiger partial charge in [-0.2, -0.15) is 0 Å². The largest absolute Gasteiger partial charge is 0.297 e. The van der Waals surface area contributed by atoms with Gasteiger partial charge in [0.1, 0.15) is 0 Å². The fraction of sp³-hybridized carbons (Fsp3) is 1.00. The van der Waals surface area contributed by atoms with Crippen LogP contribution in [0.3, 0.4) is 0 Å². The van der Waals surface area contributed by atoms with Crippen molar-refractivity contribution in [3.8, 4) is 0 Å². The molecule has 2 fully saturated rings. The van der Waals surface area contributed by atoms with Crippen LogP contribution in [-0.4, -0.2) is 23.5 Å². The van der Waals surface area contributed by atoms with E-state index in [1.807, 2.05) is 0 Å². The Kier molecular flexibility index (Phi) is 1.69. The predicted octanol–water partition coefficient (Wildman–Crippen LogP) is 2.02. The molecular weight excluding hydrogens is 122 g/mol. The van der Waals surface area contributed by atoms with Crippen molar-refractivity contribution in [1.29, 1.82) is 0 Å². The van der Waals surface area contributed by atoms with Crippen LogP contribution in [0.5, 0.6) is 0 Å². The third-order valence-corrected chi connectivity index (χ3v) is 3.20. The number of piperidine rings is 1. The average molecular weight is 139 g/mol. The summed E-state index contributed by atoms with van der Waals surface area (Å²) in [5.41, 5.74) is 0. The molecule has 0 aromatic rings. The molecule has 1 nitrogen and oxygen atoms in total. The van der Waals surface area contributed by atoms with Crippen LogP contribution in [0.15, 0.2) is 0 Å². The molecule has 2 saturated heterocycles. The van der Waals surface area contributed by atoms with Gasteiger partial charge in [-0.15, -0.1) is 0 Å². The molecule has 0 spiro atoms. The van der Waals surface area contributed by atoms with Gasteiger partial charge in [0, 0.05) is 18.6 Å². The Labute approximate surface area is 63.4 Å². The molecule has 58 valence electrons. The molecule has 0 bridgehead atoms. The number of hydrogen-bond donors (Lipinski definition) is 0. The molecule has 2 rings (SSSR count). The molecule has 0 radical (unpaired) electrons. The van der Waals surface area contributed by atoms with Crippen molar-refractivity contribution in [1.82, 2.24) is 4.90 Å². The molecular formula is C9H17N. The van der Waals surface area contributed by atoms with Gasteiger partial charge < -0.3 is 0 Å². The molecule has 2 heterocycles. The van der Waals surface area contributed by atoms with Gasteiger partial charge in [0.2, 0.25) is 0 Å². The molecule has 10 heavy (non-hydrogen) atoms. The van der Waals surface area contributed by atoms with Crippen molar-refractivity contribution in [3.63, 3.8) is 0 Å². The highest BCUT2D eigenvalue weighted by molar-refractivity contribution is 4.91. The molecule has 1 heteroatoms. The summed E-state index contributed by atoms with van der Waals surface area (Å²) in [4.78, 5) is 2.71. The first-order valence-electron chi connectivity index (χ1n) is 4.67. The minimum atomic E-state index is 0.951.